The van der Waals surface area contributed by atoms with Crippen molar-refractivity contribution in [1.29, 1.82) is 0 Å². The number of aliphatic imine (C=N–C) groups is 1. The molecule has 0 aliphatic carbocycles. The third-order valence-corrected chi connectivity index (χ3v) is 6.22. The summed E-state index contributed by atoms with van der Waals surface area (Å²) in [6.45, 7) is 10.4. The maximum atomic E-state index is 5.51. The van der Waals surface area contributed by atoms with Crippen LogP contribution in [0.15, 0.2) is 39.8 Å². The Morgan fingerprint density at radius 1 is 1.23 bits per heavy atom. The lowest BCUT2D eigenvalue weighted by Gasteiger charge is -2.33. The summed E-state index contributed by atoms with van der Waals surface area (Å²) >= 11 is 0. The van der Waals surface area contributed by atoms with E-state index in [9.17, 15) is 0 Å². The van der Waals surface area contributed by atoms with E-state index in [4.69, 9.17) is 4.52 Å². The Kier molecular flexibility index (Phi) is 8.31. The van der Waals surface area contributed by atoms with Crippen molar-refractivity contribution >= 4 is 5.96 Å². The topological polar surface area (TPSA) is 65.7 Å². The van der Waals surface area contributed by atoms with Gasteiger partial charge in [0.25, 0.3) is 0 Å². The van der Waals surface area contributed by atoms with Gasteiger partial charge in [-0.25, -0.2) is 0 Å². The number of nitrogens with zero attached hydrogens (tertiary/aromatic N) is 3. The van der Waals surface area contributed by atoms with Crippen LogP contribution < -0.4 is 10.6 Å². The van der Waals surface area contributed by atoms with Crippen LogP contribution in [0.25, 0.3) is 0 Å². The Hall–Kier alpha value is -2.34. The number of likely N-dealkylation sites (tertiary alicyclic amines) is 1. The molecule has 3 rings (SSSR count). The highest BCUT2D eigenvalue weighted by Gasteiger charge is 2.20. The zero-order valence-electron chi connectivity index (χ0n) is 18.9. The highest BCUT2D eigenvalue weighted by molar-refractivity contribution is 5.79. The molecule has 1 aromatic carbocycles. The predicted molar refractivity (Wildman–Crippen MR) is 123 cm³/mol. The molecule has 1 fully saturated rings. The van der Waals surface area contributed by atoms with Gasteiger partial charge in [-0.15, -0.1) is 0 Å². The van der Waals surface area contributed by atoms with Crippen molar-refractivity contribution in [3.8, 4) is 0 Å². The lowest BCUT2D eigenvalue weighted by atomic mass is 9.99. The molecule has 0 unspecified atom stereocenters. The number of aryl methyl sites for hydroxylation is 1. The van der Waals surface area contributed by atoms with E-state index in [1.165, 1.54) is 11.1 Å². The third-order valence-electron chi connectivity index (χ3n) is 6.22. The van der Waals surface area contributed by atoms with Crippen LogP contribution in [0.4, 0.5) is 0 Å². The minimum atomic E-state index is 0.444. The molecular formula is C24H37N5O. The first-order valence-corrected chi connectivity index (χ1v) is 11.3. The van der Waals surface area contributed by atoms with Crippen LogP contribution in [0.1, 0.15) is 68.0 Å². The van der Waals surface area contributed by atoms with Crippen molar-refractivity contribution in [3.63, 3.8) is 0 Å². The monoisotopic (exact) mass is 411 g/mol. The number of rotatable bonds is 8. The number of benzene rings is 1. The Morgan fingerprint density at radius 2 is 1.97 bits per heavy atom. The van der Waals surface area contributed by atoms with Gasteiger partial charge < -0.3 is 15.2 Å². The van der Waals surface area contributed by atoms with Crippen molar-refractivity contribution in [2.75, 3.05) is 20.1 Å². The molecule has 1 aliphatic heterocycles. The Labute approximate surface area is 181 Å². The molecule has 2 aromatic rings. The Balaban J connectivity index is 1.43. The van der Waals surface area contributed by atoms with Gasteiger partial charge >= 0.3 is 0 Å². The fourth-order valence-electron chi connectivity index (χ4n) is 4.13. The van der Waals surface area contributed by atoms with Crippen molar-refractivity contribution in [2.45, 2.75) is 71.5 Å². The molecule has 1 aliphatic rings. The van der Waals surface area contributed by atoms with Gasteiger partial charge in [-0.3, -0.25) is 9.89 Å². The fraction of sp³-hybridized carbons (Fsp3) is 0.583. The Bertz CT molecular complexity index is 803. The van der Waals surface area contributed by atoms with Crippen LogP contribution in [0.3, 0.4) is 0 Å². The molecule has 0 saturated carbocycles. The summed E-state index contributed by atoms with van der Waals surface area (Å²) in [5.41, 5.74) is 3.86. The summed E-state index contributed by atoms with van der Waals surface area (Å²) in [4.78, 5) is 6.93. The van der Waals surface area contributed by atoms with Crippen LogP contribution in [0, 0.1) is 6.92 Å². The SMILES string of the molecule is CCC(CC)c1cc(CNC(=NC)NC2CCN(Cc3ccccc3C)CC2)on1. The van der Waals surface area contributed by atoms with Gasteiger partial charge in [0.2, 0.25) is 0 Å². The molecular weight excluding hydrogens is 374 g/mol. The maximum absolute atomic E-state index is 5.51. The van der Waals surface area contributed by atoms with Crippen LogP contribution in [-0.4, -0.2) is 42.2 Å². The first-order chi connectivity index (χ1) is 14.6. The predicted octanol–water partition coefficient (Wildman–Crippen LogP) is 4.22. The molecule has 0 spiro atoms. The molecule has 0 atom stereocenters. The largest absolute Gasteiger partial charge is 0.359 e. The minimum Gasteiger partial charge on any atom is -0.359 e. The van der Waals surface area contributed by atoms with Gasteiger partial charge in [0.15, 0.2) is 11.7 Å². The number of hydrogen-bond acceptors (Lipinski definition) is 4. The molecule has 2 heterocycles. The highest BCUT2D eigenvalue weighted by Crippen LogP contribution is 2.22. The minimum absolute atomic E-state index is 0.444. The molecule has 6 nitrogen and oxygen atoms in total. The standard InChI is InChI=1S/C24H37N5O/c1-5-19(6-2)23-15-22(30-28-23)16-26-24(25-4)27-21-11-13-29(14-12-21)17-20-10-8-7-9-18(20)3/h7-10,15,19,21H,5-6,11-14,16-17H2,1-4H3,(H2,25,26,27). The lowest BCUT2D eigenvalue weighted by molar-refractivity contribution is 0.198. The molecule has 1 saturated heterocycles. The van der Waals surface area contributed by atoms with Crippen molar-refractivity contribution < 1.29 is 4.52 Å². The first-order valence-electron chi connectivity index (χ1n) is 11.3. The quantitative estimate of drug-likeness (QED) is 0.503. The summed E-state index contributed by atoms with van der Waals surface area (Å²) in [6, 6.07) is 11.2. The zero-order chi connectivity index (χ0) is 21.3. The number of nitrogens with one attached hydrogen (secondary N) is 2. The molecule has 1 aromatic heterocycles. The Morgan fingerprint density at radius 3 is 2.63 bits per heavy atom. The van der Waals surface area contributed by atoms with E-state index >= 15 is 0 Å². The second-order valence-corrected chi connectivity index (χ2v) is 8.28. The van der Waals surface area contributed by atoms with Gasteiger partial charge in [0, 0.05) is 44.7 Å². The van der Waals surface area contributed by atoms with Crippen molar-refractivity contribution in [2.24, 2.45) is 4.99 Å². The average Bonchev–Trinajstić information content (AvgIpc) is 3.23. The first kappa shape index (κ1) is 22.3. The van der Waals surface area contributed by atoms with Gasteiger partial charge in [0.1, 0.15) is 0 Å². The van der Waals surface area contributed by atoms with Crippen LogP contribution in [0.5, 0.6) is 0 Å². The summed E-state index contributed by atoms with van der Waals surface area (Å²) in [5, 5.41) is 11.2. The maximum Gasteiger partial charge on any atom is 0.191 e. The molecule has 0 bridgehead atoms. The zero-order valence-corrected chi connectivity index (χ0v) is 18.9. The highest BCUT2D eigenvalue weighted by atomic mass is 16.5. The summed E-state index contributed by atoms with van der Waals surface area (Å²) in [6.07, 6.45) is 4.41. The van der Waals surface area contributed by atoms with Crippen molar-refractivity contribution in [3.05, 3.63) is 52.9 Å². The van der Waals surface area contributed by atoms with E-state index in [1.54, 1.807) is 0 Å². The van der Waals surface area contributed by atoms with E-state index in [-0.39, 0.29) is 0 Å². The summed E-state index contributed by atoms with van der Waals surface area (Å²) < 4.78 is 5.51. The number of hydrogen-bond donors (Lipinski definition) is 2. The number of guanidine groups is 1. The second-order valence-electron chi connectivity index (χ2n) is 8.28. The van der Waals surface area contributed by atoms with Crippen LogP contribution in [0.2, 0.25) is 0 Å². The number of piperidine rings is 1. The van der Waals surface area contributed by atoms with E-state index in [1.807, 2.05) is 7.05 Å². The van der Waals surface area contributed by atoms with Gasteiger partial charge in [-0.05, 0) is 43.7 Å². The normalized spacial score (nSPS) is 16.2. The molecule has 164 valence electrons. The van der Waals surface area contributed by atoms with Gasteiger partial charge in [0.05, 0.1) is 12.2 Å². The average molecular weight is 412 g/mol. The number of aromatic nitrogens is 1. The van der Waals surface area contributed by atoms with E-state index < -0.39 is 0 Å². The van der Waals surface area contributed by atoms with Crippen molar-refractivity contribution in [1.82, 2.24) is 20.7 Å². The molecule has 2 N–H and O–H groups in total. The smallest absolute Gasteiger partial charge is 0.191 e. The third kappa shape index (κ3) is 6.08. The molecule has 0 radical (unpaired) electrons. The molecule has 30 heavy (non-hydrogen) atoms. The summed E-state index contributed by atoms with van der Waals surface area (Å²) in [7, 11) is 1.82. The van der Waals surface area contributed by atoms with E-state index in [0.717, 1.165) is 62.7 Å². The van der Waals surface area contributed by atoms with Gasteiger partial charge in [-0.2, -0.15) is 0 Å². The molecule has 6 heteroatoms. The summed E-state index contributed by atoms with van der Waals surface area (Å²) in [5.74, 6) is 2.16. The van der Waals surface area contributed by atoms with Crippen LogP contribution in [-0.2, 0) is 13.1 Å². The fourth-order valence-corrected chi connectivity index (χ4v) is 4.13. The second kappa shape index (κ2) is 11.2. The lowest BCUT2D eigenvalue weighted by Crippen LogP contribution is -2.48. The van der Waals surface area contributed by atoms with E-state index in [0.29, 0.717) is 18.5 Å². The van der Waals surface area contributed by atoms with E-state index in [2.05, 4.69) is 76.8 Å². The van der Waals surface area contributed by atoms with Crippen LogP contribution >= 0.6 is 0 Å². The molecule has 0 amide bonds. The van der Waals surface area contributed by atoms with Gasteiger partial charge in [-0.1, -0.05) is 43.3 Å².